The molecule has 0 heterocycles. The Balaban J connectivity index is 0. The van der Waals surface area contributed by atoms with Crippen molar-refractivity contribution in [2.75, 3.05) is 0 Å². The minimum atomic E-state index is -0.923. The molecule has 0 aliphatic heterocycles. The first-order valence-electron chi connectivity index (χ1n) is 7.95. The minimum Gasteiger partial charge on any atom is -0.550 e. The van der Waals surface area contributed by atoms with E-state index in [1.807, 2.05) is 0 Å². The summed E-state index contributed by atoms with van der Waals surface area (Å²) in [5.74, 6) is -0.923. The average molecular weight is 385 g/mol. The van der Waals surface area contributed by atoms with Crippen molar-refractivity contribution in [3.63, 3.8) is 0 Å². The van der Waals surface area contributed by atoms with E-state index in [1.165, 1.54) is 25.7 Å². The van der Waals surface area contributed by atoms with Gasteiger partial charge in [-0.3, -0.25) is 0 Å². The zero-order chi connectivity index (χ0) is 14.9. The Labute approximate surface area is 145 Å². The number of unbranched alkanes of at least 4 members (excludes halogenated alkanes) is 7. The standard InChI is InChI=1S/C18H30O2.Ag/c1-2-3-4-5-6-7-8-9-10-11-12-13-14-15-16-17-18(19)20;/h4-9H,2-3,10-17H2,1H3,(H,19,20);/q;+1/p-1/b5-4+,7-6+,9-8+;. The van der Waals surface area contributed by atoms with Crippen LogP contribution in [0.25, 0.3) is 0 Å². The molecule has 0 radical (unpaired) electrons. The molecule has 0 amide bonds. The fourth-order valence-electron chi connectivity index (χ4n) is 1.88. The van der Waals surface area contributed by atoms with Crippen molar-refractivity contribution >= 4 is 5.97 Å². The third kappa shape index (κ3) is 21.9. The first kappa shape index (κ1) is 22.7. The van der Waals surface area contributed by atoms with Gasteiger partial charge >= 0.3 is 22.4 Å². The fourth-order valence-corrected chi connectivity index (χ4v) is 1.88. The second kappa shape index (κ2) is 19.4. The van der Waals surface area contributed by atoms with Crippen LogP contribution in [0.5, 0.6) is 0 Å². The number of carboxylic acid groups (broad SMARTS) is 1. The van der Waals surface area contributed by atoms with Crippen LogP contribution in [-0.4, -0.2) is 5.97 Å². The molecule has 0 rings (SSSR count). The molecule has 0 fully saturated rings. The third-order valence-electron chi connectivity index (χ3n) is 3.06. The molecule has 0 N–H and O–H groups in total. The van der Waals surface area contributed by atoms with E-state index in [0.717, 1.165) is 32.1 Å². The van der Waals surface area contributed by atoms with Crippen LogP contribution < -0.4 is 5.11 Å². The molecular weight excluding hydrogens is 356 g/mol. The van der Waals surface area contributed by atoms with Gasteiger partial charge < -0.3 is 9.90 Å². The maximum Gasteiger partial charge on any atom is 1.00 e. The van der Waals surface area contributed by atoms with E-state index in [2.05, 4.69) is 43.4 Å². The van der Waals surface area contributed by atoms with E-state index in [-0.39, 0.29) is 28.8 Å². The summed E-state index contributed by atoms with van der Waals surface area (Å²) in [5.41, 5.74) is 0. The fraction of sp³-hybridized carbons (Fsp3) is 0.611. The van der Waals surface area contributed by atoms with Gasteiger partial charge in [0.25, 0.3) is 0 Å². The molecule has 21 heavy (non-hydrogen) atoms. The average Bonchev–Trinajstić information content (AvgIpc) is 2.43. The minimum absolute atomic E-state index is 0. The van der Waals surface area contributed by atoms with Gasteiger partial charge in [-0.15, -0.1) is 0 Å². The Hall–Kier alpha value is -0.570. The van der Waals surface area contributed by atoms with Crippen molar-refractivity contribution in [2.24, 2.45) is 0 Å². The molecule has 2 nitrogen and oxygen atoms in total. The number of carboxylic acids is 1. The van der Waals surface area contributed by atoms with Gasteiger partial charge in [0.15, 0.2) is 0 Å². The van der Waals surface area contributed by atoms with Crippen LogP contribution in [0.1, 0.15) is 71.1 Å². The van der Waals surface area contributed by atoms with Crippen LogP contribution in [0.3, 0.4) is 0 Å². The molecule has 0 bridgehead atoms. The van der Waals surface area contributed by atoms with Gasteiger partial charge in [0, 0.05) is 5.97 Å². The van der Waals surface area contributed by atoms with E-state index in [0.29, 0.717) is 0 Å². The third-order valence-corrected chi connectivity index (χ3v) is 3.06. The normalized spacial score (nSPS) is 11.5. The first-order chi connectivity index (χ1) is 9.77. The van der Waals surface area contributed by atoms with Gasteiger partial charge in [-0.25, -0.2) is 0 Å². The number of aliphatic carboxylic acids is 1. The predicted octanol–water partition coefficient (Wildman–Crippen LogP) is 4.32. The summed E-state index contributed by atoms with van der Waals surface area (Å²) in [6.45, 7) is 2.18. The van der Waals surface area contributed by atoms with Gasteiger partial charge in [-0.1, -0.05) is 75.5 Å². The van der Waals surface area contributed by atoms with E-state index in [1.54, 1.807) is 0 Å². The molecule has 0 saturated heterocycles. The zero-order valence-electron chi connectivity index (χ0n) is 13.2. The number of rotatable bonds is 13. The van der Waals surface area contributed by atoms with Crippen LogP contribution in [0.4, 0.5) is 0 Å². The van der Waals surface area contributed by atoms with Crippen molar-refractivity contribution < 1.29 is 32.3 Å². The number of carbonyl (C=O) groups is 1. The van der Waals surface area contributed by atoms with Crippen LogP contribution in [0.15, 0.2) is 36.5 Å². The maximum atomic E-state index is 10.2. The Morgan fingerprint density at radius 3 is 1.90 bits per heavy atom. The number of carbonyl (C=O) groups excluding carboxylic acids is 1. The molecule has 0 aromatic rings. The second-order valence-corrected chi connectivity index (χ2v) is 5.06. The largest absolute Gasteiger partial charge is 1.00 e. The van der Waals surface area contributed by atoms with Crippen molar-refractivity contribution in [3.05, 3.63) is 36.5 Å². The predicted molar refractivity (Wildman–Crippen MR) is 84.3 cm³/mol. The molecule has 0 aliphatic carbocycles. The molecule has 0 spiro atoms. The summed E-state index contributed by atoms with van der Waals surface area (Å²) in [7, 11) is 0. The van der Waals surface area contributed by atoms with Crippen molar-refractivity contribution in [1.29, 1.82) is 0 Å². The molecule has 0 unspecified atom stereocenters. The van der Waals surface area contributed by atoms with Gasteiger partial charge in [0.1, 0.15) is 0 Å². The van der Waals surface area contributed by atoms with Crippen molar-refractivity contribution in [3.8, 4) is 0 Å². The summed E-state index contributed by atoms with van der Waals surface area (Å²) in [5, 5.41) is 10.2. The molecule has 0 aromatic heterocycles. The van der Waals surface area contributed by atoms with Crippen molar-refractivity contribution in [2.45, 2.75) is 71.1 Å². The molecular formula is C18H29AgO2. The van der Waals surface area contributed by atoms with Gasteiger partial charge in [-0.2, -0.15) is 0 Å². The Kier molecular flexibility index (Phi) is 21.0. The molecule has 0 aromatic carbocycles. The monoisotopic (exact) mass is 384 g/mol. The SMILES string of the molecule is CCC/C=C/C=C/C=C/CCCCCCCCC(=O)[O-].[Ag+]. The summed E-state index contributed by atoms with van der Waals surface area (Å²) >= 11 is 0. The smallest absolute Gasteiger partial charge is 0.550 e. The number of allylic oxidation sites excluding steroid dienone is 6. The van der Waals surface area contributed by atoms with E-state index in [9.17, 15) is 9.90 Å². The summed E-state index contributed by atoms with van der Waals surface area (Å²) in [6, 6.07) is 0. The molecule has 124 valence electrons. The topological polar surface area (TPSA) is 40.1 Å². The van der Waals surface area contributed by atoms with Crippen LogP contribution in [-0.2, 0) is 27.2 Å². The van der Waals surface area contributed by atoms with Gasteiger partial charge in [0.2, 0.25) is 0 Å². The van der Waals surface area contributed by atoms with Crippen LogP contribution in [0.2, 0.25) is 0 Å². The molecule has 3 heteroatoms. The zero-order valence-corrected chi connectivity index (χ0v) is 14.6. The number of hydrogen-bond donors (Lipinski definition) is 0. The summed E-state index contributed by atoms with van der Waals surface area (Å²) in [6.07, 6.45) is 23.0. The van der Waals surface area contributed by atoms with Gasteiger partial charge in [-0.05, 0) is 32.1 Å². The molecule has 0 atom stereocenters. The Bertz CT molecular complexity index is 306. The van der Waals surface area contributed by atoms with E-state index < -0.39 is 5.97 Å². The van der Waals surface area contributed by atoms with Crippen LogP contribution in [0, 0.1) is 0 Å². The summed E-state index contributed by atoms with van der Waals surface area (Å²) < 4.78 is 0. The Morgan fingerprint density at radius 2 is 1.33 bits per heavy atom. The van der Waals surface area contributed by atoms with Gasteiger partial charge in [0.05, 0.1) is 0 Å². The quantitative estimate of drug-likeness (QED) is 0.269. The van der Waals surface area contributed by atoms with Crippen LogP contribution >= 0.6 is 0 Å². The van der Waals surface area contributed by atoms with E-state index in [4.69, 9.17) is 0 Å². The van der Waals surface area contributed by atoms with E-state index >= 15 is 0 Å². The molecule has 0 aliphatic rings. The Morgan fingerprint density at radius 1 is 0.810 bits per heavy atom. The summed E-state index contributed by atoms with van der Waals surface area (Å²) in [4.78, 5) is 10.2. The van der Waals surface area contributed by atoms with Crippen molar-refractivity contribution in [1.82, 2.24) is 0 Å². The molecule has 0 saturated carbocycles. The first-order valence-corrected chi connectivity index (χ1v) is 7.95. The maximum absolute atomic E-state index is 10.2. The second-order valence-electron chi connectivity index (χ2n) is 5.06. The number of hydrogen-bond acceptors (Lipinski definition) is 2.